The zero-order chi connectivity index (χ0) is 19.7. The molecular weight excluding hydrogens is 411 g/mol. The molecule has 1 aliphatic rings. The number of carbonyl (C=O) groups excluding carboxylic acids is 1. The minimum absolute atomic E-state index is 0.0591. The third-order valence-electron chi connectivity index (χ3n) is 4.82. The average Bonchev–Trinajstić information content (AvgIpc) is 2.97. The van der Waals surface area contributed by atoms with Crippen LogP contribution < -0.4 is 15.4 Å². The molecule has 1 heterocycles. The summed E-state index contributed by atoms with van der Waals surface area (Å²) in [5, 5.41) is 12.9. The van der Waals surface area contributed by atoms with Crippen molar-refractivity contribution in [1.29, 1.82) is 0 Å². The Morgan fingerprint density at radius 2 is 1.89 bits per heavy atom. The van der Waals surface area contributed by atoms with Crippen molar-refractivity contribution in [3.8, 4) is 5.75 Å². The van der Waals surface area contributed by atoms with Crippen LogP contribution in [0.5, 0.6) is 5.75 Å². The van der Waals surface area contributed by atoms with Crippen molar-refractivity contribution in [2.75, 3.05) is 11.1 Å². The quantitative estimate of drug-likeness (QED) is 0.337. The first-order chi connectivity index (χ1) is 13.5. The Bertz CT molecular complexity index is 1110. The van der Waals surface area contributed by atoms with E-state index in [1.807, 2.05) is 49.4 Å². The number of aromatic hydroxyl groups is 1. The molecule has 3 aromatic rings. The second kappa shape index (κ2) is 7.57. The molecule has 1 unspecified atom stereocenters. The first-order valence-electron chi connectivity index (χ1n) is 9.05. The van der Waals surface area contributed by atoms with Crippen molar-refractivity contribution in [2.45, 2.75) is 13.3 Å². The second-order valence-electron chi connectivity index (χ2n) is 6.96. The van der Waals surface area contributed by atoms with Gasteiger partial charge in [-0.05, 0) is 0 Å². The van der Waals surface area contributed by atoms with E-state index in [-0.39, 0.29) is 5.91 Å². The van der Waals surface area contributed by atoms with E-state index >= 15 is 0 Å². The number of anilines is 2. The maximum atomic E-state index is 12.5. The summed E-state index contributed by atoms with van der Waals surface area (Å²) in [5.41, 5.74) is 12.3. The van der Waals surface area contributed by atoms with E-state index in [0.29, 0.717) is 5.75 Å². The summed E-state index contributed by atoms with van der Waals surface area (Å²) in [6.07, 6.45) is 0.766. The van der Waals surface area contributed by atoms with Gasteiger partial charge in [-0.15, -0.1) is 0 Å². The predicted octanol–water partition coefficient (Wildman–Crippen LogP) is 2.93. The van der Waals surface area contributed by atoms with Gasteiger partial charge in [-0.25, -0.2) is 0 Å². The molecular formula is C23H21AsN2O2. The van der Waals surface area contributed by atoms with Crippen molar-refractivity contribution >= 4 is 43.0 Å². The minimum atomic E-state index is -0.683. The molecule has 28 heavy (non-hydrogen) atoms. The molecule has 140 valence electrons. The van der Waals surface area contributed by atoms with Gasteiger partial charge in [0.05, 0.1) is 0 Å². The first kappa shape index (κ1) is 18.4. The summed E-state index contributed by atoms with van der Waals surface area (Å²) in [7, 11) is 0. The Balaban J connectivity index is 1.61. The number of hydrogen-bond acceptors (Lipinski definition) is 3. The Labute approximate surface area is 170 Å². The molecule has 1 amide bonds. The van der Waals surface area contributed by atoms with Gasteiger partial charge in [0.15, 0.2) is 0 Å². The van der Waals surface area contributed by atoms with Crippen molar-refractivity contribution < 1.29 is 9.90 Å². The average molecular weight is 432 g/mol. The molecule has 0 aliphatic carbocycles. The number of phenolic OH excluding ortho intramolecular Hbond substituents is 1. The normalized spacial score (nSPS) is 14.6. The third-order valence-corrected chi connectivity index (χ3v) is 7.08. The van der Waals surface area contributed by atoms with Crippen LogP contribution in [-0.4, -0.2) is 26.8 Å². The number of nitrogen functional groups attached to an aromatic ring is 1. The molecule has 0 spiro atoms. The van der Waals surface area contributed by atoms with E-state index in [0.717, 1.165) is 50.0 Å². The number of benzene rings is 3. The van der Waals surface area contributed by atoms with Crippen molar-refractivity contribution in [3.63, 3.8) is 0 Å². The number of hydrogen-bond donors (Lipinski definition) is 3. The summed E-state index contributed by atoms with van der Waals surface area (Å²) in [6, 6.07) is 19.7. The second-order valence-corrected chi connectivity index (χ2v) is 9.38. The molecule has 0 saturated heterocycles. The van der Waals surface area contributed by atoms with E-state index in [9.17, 15) is 9.90 Å². The zero-order valence-electron chi connectivity index (χ0n) is 15.5. The number of rotatable bonds is 4. The fourth-order valence-corrected chi connectivity index (χ4v) is 5.37. The number of nitrogens with one attached hydrogen (secondary N) is 1. The van der Waals surface area contributed by atoms with E-state index in [2.05, 4.69) is 22.3 Å². The van der Waals surface area contributed by atoms with Crippen LogP contribution in [0.15, 0.2) is 65.5 Å². The molecule has 1 atom stereocenters. The summed E-state index contributed by atoms with van der Waals surface area (Å²) >= 11 is -0.683. The van der Waals surface area contributed by atoms with Crippen molar-refractivity contribution in [2.24, 2.45) is 0 Å². The maximum absolute atomic E-state index is 12.5. The van der Waals surface area contributed by atoms with Crippen LogP contribution in [0, 0.1) is 6.92 Å². The number of fused-ring (bicyclic) bond motifs is 1. The number of amides is 1. The van der Waals surface area contributed by atoms with Crippen LogP contribution in [0.1, 0.15) is 22.3 Å². The van der Waals surface area contributed by atoms with E-state index in [1.54, 1.807) is 6.07 Å². The van der Waals surface area contributed by atoms with Crippen LogP contribution in [0.4, 0.5) is 11.4 Å². The van der Waals surface area contributed by atoms with Crippen LogP contribution in [-0.2, 0) is 11.2 Å². The van der Waals surface area contributed by atoms with Gasteiger partial charge in [0, 0.05) is 0 Å². The molecule has 4 nitrogen and oxygen atoms in total. The molecule has 4 N–H and O–H groups in total. The van der Waals surface area contributed by atoms with Gasteiger partial charge >= 0.3 is 171 Å². The van der Waals surface area contributed by atoms with Crippen LogP contribution in [0.2, 0.25) is 0 Å². The van der Waals surface area contributed by atoms with E-state index < -0.39 is 15.8 Å². The van der Waals surface area contributed by atoms with Crippen LogP contribution in [0.25, 0.3) is 5.57 Å². The van der Waals surface area contributed by atoms with Gasteiger partial charge in [-0.1, -0.05) is 0 Å². The van der Waals surface area contributed by atoms with Gasteiger partial charge in [0.25, 0.3) is 0 Å². The topological polar surface area (TPSA) is 75.4 Å². The molecule has 0 fully saturated rings. The molecule has 0 radical (unpaired) electrons. The zero-order valence-corrected chi connectivity index (χ0v) is 17.6. The molecule has 5 heteroatoms. The third kappa shape index (κ3) is 3.83. The Kier molecular flexibility index (Phi) is 4.97. The SMILES string of the molecule is Cc1ccc([AsH]C=C2C(=O)Nc3ccc(Cc4cccc(N)c4)cc32)cc1O. The molecule has 1 aliphatic heterocycles. The summed E-state index contributed by atoms with van der Waals surface area (Å²) in [5.74, 6) is 0.247. The summed E-state index contributed by atoms with van der Waals surface area (Å²) < 4.78 is 1.09. The fraction of sp³-hybridized carbons (Fsp3) is 0.0870. The Hall–Kier alpha value is -2.97. The van der Waals surface area contributed by atoms with Gasteiger partial charge in [0.1, 0.15) is 0 Å². The molecule has 4 rings (SSSR count). The fourth-order valence-electron chi connectivity index (χ4n) is 3.28. The van der Waals surface area contributed by atoms with Crippen LogP contribution in [0.3, 0.4) is 0 Å². The Morgan fingerprint density at radius 1 is 1.07 bits per heavy atom. The molecule has 3 aromatic carbocycles. The van der Waals surface area contributed by atoms with Gasteiger partial charge in [-0.3, -0.25) is 0 Å². The van der Waals surface area contributed by atoms with Crippen molar-refractivity contribution in [1.82, 2.24) is 0 Å². The number of carbonyl (C=O) groups is 1. The molecule has 0 bridgehead atoms. The van der Waals surface area contributed by atoms with E-state index in [4.69, 9.17) is 5.73 Å². The number of phenols is 1. The monoisotopic (exact) mass is 432 g/mol. The number of aryl methyl sites for hydroxylation is 1. The summed E-state index contributed by atoms with van der Waals surface area (Å²) in [6.45, 7) is 1.88. The van der Waals surface area contributed by atoms with Crippen molar-refractivity contribution in [3.05, 3.63) is 87.8 Å². The van der Waals surface area contributed by atoms with Gasteiger partial charge in [-0.2, -0.15) is 0 Å². The molecule has 0 aromatic heterocycles. The predicted molar refractivity (Wildman–Crippen MR) is 116 cm³/mol. The van der Waals surface area contributed by atoms with Gasteiger partial charge < -0.3 is 0 Å². The first-order valence-corrected chi connectivity index (χ1v) is 11.3. The van der Waals surface area contributed by atoms with E-state index in [1.165, 1.54) is 0 Å². The van der Waals surface area contributed by atoms with Gasteiger partial charge in [0.2, 0.25) is 0 Å². The van der Waals surface area contributed by atoms with Crippen LogP contribution >= 0.6 is 0 Å². The number of nitrogens with two attached hydrogens (primary N) is 1. The standard InChI is InChI=1S/C23H21AsN2O2/c1-14-5-7-17(12-22(14)27)24-13-20-19-11-16(6-8-21(19)26-23(20)28)9-15-3-2-4-18(25)10-15/h2-8,10-13,24,27H,9,25H2,1H3,(H,26,28). The molecule has 0 saturated carbocycles. The summed E-state index contributed by atoms with van der Waals surface area (Å²) in [4.78, 5) is 14.5. The Morgan fingerprint density at radius 3 is 2.68 bits per heavy atom.